The zero-order chi connectivity index (χ0) is 22.8. The number of methoxy groups -OCH3 is 1. The van der Waals surface area contributed by atoms with Gasteiger partial charge in [0.2, 0.25) is 0 Å². The van der Waals surface area contributed by atoms with Crippen LogP contribution in [0.25, 0.3) is 11.0 Å². The summed E-state index contributed by atoms with van der Waals surface area (Å²) in [5.41, 5.74) is 5.44. The summed E-state index contributed by atoms with van der Waals surface area (Å²) >= 11 is 12.4. The van der Waals surface area contributed by atoms with Crippen molar-refractivity contribution >= 4 is 40.2 Å². The number of rotatable bonds is 6. The molecular weight excluding hydrogens is 447 g/mol. The minimum atomic E-state index is -0.395. The number of fused-ring (bicyclic) bond motifs is 1. The van der Waals surface area contributed by atoms with Crippen LogP contribution >= 0.6 is 23.2 Å². The number of esters is 1. The van der Waals surface area contributed by atoms with E-state index < -0.39 is 5.97 Å². The lowest BCUT2D eigenvalue weighted by Crippen LogP contribution is -2.04. The van der Waals surface area contributed by atoms with Gasteiger partial charge in [-0.25, -0.2) is 9.78 Å². The Balaban J connectivity index is 1.63. The zero-order valence-electron chi connectivity index (χ0n) is 18.0. The molecule has 0 unspecified atom stereocenters. The number of hydrogen-bond acceptors (Lipinski definition) is 4. The van der Waals surface area contributed by atoms with E-state index in [0.29, 0.717) is 34.5 Å². The zero-order valence-corrected chi connectivity index (χ0v) is 19.5. The van der Waals surface area contributed by atoms with Gasteiger partial charge in [-0.3, -0.25) is 0 Å². The van der Waals surface area contributed by atoms with Gasteiger partial charge in [-0.1, -0.05) is 41.4 Å². The molecule has 4 aromatic rings. The minimum Gasteiger partial charge on any atom is -0.489 e. The highest BCUT2D eigenvalue weighted by molar-refractivity contribution is 6.35. The van der Waals surface area contributed by atoms with Gasteiger partial charge >= 0.3 is 5.97 Å². The number of aryl methyl sites for hydroxylation is 2. The summed E-state index contributed by atoms with van der Waals surface area (Å²) < 4.78 is 12.9. The van der Waals surface area contributed by atoms with Gasteiger partial charge in [0.25, 0.3) is 0 Å². The van der Waals surface area contributed by atoms with Gasteiger partial charge < -0.3 is 14.0 Å². The number of aromatic nitrogens is 2. The number of benzene rings is 3. The predicted molar refractivity (Wildman–Crippen MR) is 127 cm³/mol. The second-order valence-corrected chi connectivity index (χ2v) is 8.41. The van der Waals surface area contributed by atoms with Crippen LogP contribution in [-0.4, -0.2) is 22.6 Å². The molecule has 32 heavy (non-hydrogen) atoms. The molecule has 0 N–H and O–H groups in total. The first-order valence-corrected chi connectivity index (χ1v) is 10.8. The fraction of sp³-hybridized carbons (Fsp3) is 0.200. The summed E-state index contributed by atoms with van der Waals surface area (Å²) in [7, 11) is 1.36. The van der Waals surface area contributed by atoms with Gasteiger partial charge in [-0.15, -0.1) is 0 Å². The summed E-state index contributed by atoms with van der Waals surface area (Å²) in [5, 5.41) is 1.23. The standard InChI is InChI=1S/C25H22Cl2N2O3/c1-15-9-17(14-32-21-6-4-5-18(11-21)25(30)31-3)10-23-24(15)28-16(2)29(23)13-19-7-8-20(26)12-22(19)27/h4-12H,13-14H2,1-3H3. The molecule has 5 nitrogen and oxygen atoms in total. The number of imidazole rings is 1. The molecule has 0 radical (unpaired) electrons. The van der Waals surface area contributed by atoms with E-state index in [-0.39, 0.29) is 0 Å². The molecular formula is C25H22Cl2N2O3. The summed E-state index contributed by atoms with van der Waals surface area (Å²) in [5.74, 6) is 1.11. The van der Waals surface area contributed by atoms with Crippen LogP contribution in [0.1, 0.15) is 32.9 Å². The fourth-order valence-corrected chi connectivity index (χ4v) is 4.15. The van der Waals surface area contributed by atoms with Crippen LogP contribution in [0.3, 0.4) is 0 Å². The van der Waals surface area contributed by atoms with Crippen LogP contribution in [0, 0.1) is 13.8 Å². The minimum absolute atomic E-state index is 0.354. The van der Waals surface area contributed by atoms with Gasteiger partial charge in [-0.2, -0.15) is 0 Å². The quantitative estimate of drug-likeness (QED) is 0.308. The first kappa shape index (κ1) is 22.2. The molecule has 4 rings (SSSR count). The lowest BCUT2D eigenvalue weighted by atomic mass is 10.1. The molecule has 3 aromatic carbocycles. The first-order chi connectivity index (χ1) is 15.4. The topological polar surface area (TPSA) is 53.4 Å². The molecule has 164 valence electrons. The van der Waals surface area contributed by atoms with Crippen LogP contribution in [-0.2, 0) is 17.9 Å². The third-order valence-electron chi connectivity index (χ3n) is 5.30. The Kier molecular flexibility index (Phi) is 6.40. The van der Waals surface area contributed by atoms with Crippen molar-refractivity contribution in [2.24, 2.45) is 0 Å². The van der Waals surface area contributed by atoms with E-state index in [1.807, 2.05) is 32.0 Å². The second kappa shape index (κ2) is 9.23. The van der Waals surface area contributed by atoms with Crippen molar-refractivity contribution in [1.82, 2.24) is 9.55 Å². The van der Waals surface area contributed by atoms with Crippen LogP contribution in [0.4, 0.5) is 0 Å². The van der Waals surface area contributed by atoms with Crippen molar-refractivity contribution in [3.8, 4) is 5.75 Å². The lowest BCUT2D eigenvalue weighted by molar-refractivity contribution is 0.0600. The number of carbonyl (C=O) groups excluding carboxylic acids is 1. The van der Waals surface area contributed by atoms with Gasteiger partial charge in [-0.05, 0) is 66.9 Å². The van der Waals surface area contributed by atoms with Crippen LogP contribution in [0.5, 0.6) is 5.75 Å². The van der Waals surface area contributed by atoms with Crippen LogP contribution < -0.4 is 4.74 Å². The van der Waals surface area contributed by atoms with Crippen molar-refractivity contribution in [3.05, 3.63) is 92.7 Å². The fourth-order valence-electron chi connectivity index (χ4n) is 3.68. The first-order valence-electron chi connectivity index (χ1n) is 10.1. The molecule has 0 aliphatic heterocycles. The highest BCUT2D eigenvalue weighted by Gasteiger charge is 2.14. The van der Waals surface area contributed by atoms with E-state index in [1.54, 1.807) is 24.3 Å². The Bertz CT molecular complexity index is 1310. The molecule has 0 atom stereocenters. The number of nitrogens with zero attached hydrogens (tertiary/aromatic N) is 2. The molecule has 0 amide bonds. The SMILES string of the molecule is COC(=O)c1cccc(OCc2cc(C)c3nc(C)n(Cc4ccc(Cl)cc4Cl)c3c2)c1. The van der Waals surface area contributed by atoms with E-state index in [2.05, 4.69) is 16.7 Å². The third-order valence-corrected chi connectivity index (χ3v) is 5.89. The molecule has 0 bridgehead atoms. The van der Waals surface area contributed by atoms with Crippen molar-refractivity contribution in [3.63, 3.8) is 0 Å². The average molecular weight is 469 g/mol. The van der Waals surface area contributed by atoms with Crippen molar-refractivity contribution < 1.29 is 14.3 Å². The molecule has 0 saturated heterocycles. The lowest BCUT2D eigenvalue weighted by Gasteiger charge is -2.12. The highest BCUT2D eigenvalue weighted by Crippen LogP contribution is 2.27. The van der Waals surface area contributed by atoms with E-state index in [4.69, 9.17) is 37.7 Å². The summed E-state index contributed by atoms with van der Waals surface area (Å²) in [4.78, 5) is 16.5. The molecule has 0 saturated carbocycles. The monoisotopic (exact) mass is 468 g/mol. The number of carbonyl (C=O) groups is 1. The Hall–Kier alpha value is -3.02. The van der Waals surface area contributed by atoms with E-state index in [0.717, 1.165) is 33.5 Å². The summed E-state index contributed by atoms with van der Waals surface area (Å²) in [6, 6.07) is 16.6. The Morgan fingerprint density at radius 3 is 2.62 bits per heavy atom. The summed E-state index contributed by atoms with van der Waals surface area (Å²) in [6.07, 6.45) is 0. The summed E-state index contributed by atoms with van der Waals surface area (Å²) in [6.45, 7) is 4.96. The van der Waals surface area contributed by atoms with Crippen LogP contribution in [0.15, 0.2) is 54.6 Å². The Labute approximate surface area is 196 Å². The largest absolute Gasteiger partial charge is 0.489 e. The predicted octanol–water partition coefficient (Wildman–Crippen LogP) is 6.37. The molecule has 1 aromatic heterocycles. The van der Waals surface area contributed by atoms with Crippen molar-refractivity contribution in [2.45, 2.75) is 27.0 Å². The number of ether oxygens (including phenoxy) is 2. The third kappa shape index (κ3) is 4.59. The average Bonchev–Trinajstić information content (AvgIpc) is 3.09. The maximum Gasteiger partial charge on any atom is 0.337 e. The van der Waals surface area contributed by atoms with E-state index in [9.17, 15) is 4.79 Å². The number of halogens is 2. The molecule has 0 aliphatic carbocycles. The van der Waals surface area contributed by atoms with Crippen LogP contribution in [0.2, 0.25) is 10.0 Å². The molecule has 1 heterocycles. The van der Waals surface area contributed by atoms with Gasteiger partial charge in [0.05, 0.1) is 30.3 Å². The number of hydrogen-bond donors (Lipinski definition) is 0. The smallest absolute Gasteiger partial charge is 0.337 e. The van der Waals surface area contributed by atoms with E-state index >= 15 is 0 Å². The Morgan fingerprint density at radius 2 is 1.88 bits per heavy atom. The molecule has 0 spiro atoms. The molecule has 7 heteroatoms. The van der Waals surface area contributed by atoms with Gasteiger partial charge in [0.15, 0.2) is 0 Å². The van der Waals surface area contributed by atoms with E-state index in [1.165, 1.54) is 7.11 Å². The second-order valence-electron chi connectivity index (χ2n) is 7.57. The molecule has 0 aliphatic rings. The van der Waals surface area contributed by atoms with Gasteiger partial charge in [0.1, 0.15) is 18.2 Å². The van der Waals surface area contributed by atoms with Crippen molar-refractivity contribution in [2.75, 3.05) is 7.11 Å². The maximum atomic E-state index is 11.8. The molecule has 0 fully saturated rings. The Morgan fingerprint density at radius 1 is 1.06 bits per heavy atom. The van der Waals surface area contributed by atoms with Crippen molar-refractivity contribution in [1.29, 1.82) is 0 Å². The maximum absolute atomic E-state index is 11.8. The highest BCUT2D eigenvalue weighted by atomic mass is 35.5. The normalized spacial score (nSPS) is 11.0. The van der Waals surface area contributed by atoms with Gasteiger partial charge in [0, 0.05) is 10.0 Å².